The van der Waals surface area contributed by atoms with E-state index in [1.54, 1.807) is 31.2 Å². The van der Waals surface area contributed by atoms with Crippen LogP contribution in [0.15, 0.2) is 36.4 Å². The number of amides is 1. The Labute approximate surface area is 140 Å². The highest BCUT2D eigenvalue weighted by atomic mass is 16.5. The first-order valence-corrected chi connectivity index (χ1v) is 7.20. The SMILES string of the molecule is CCC(=O)Nc1ccc(OC)cc1O.COc1ccc(N)c(O)c1. The fourth-order valence-electron chi connectivity index (χ4n) is 1.63. The van der Waals surface area contributed by atoms with Gasteiger partial charge in [0.05, 0.1) is 25.6 Å². The van der Waals surface area contributed by atoms with Gasteiger partial charge in [-0.05, 0) is 24.3 Å². The maximum absolute atomic E-state index is 11.0. The van der Waals surface area contributed by atoms with Crippen molar-refractivity contribution >= 4 is 17.3 Å². The van der Waals surface area contributed by atoms with Crippen molar-refractivity contribution in [3.05, 3.63) is 36.4 Å². The van der Waals surface area contributed by atoms with Crippen molar-refractivity contribution in [1.82, 2.24) is 0 Å². The fourth-order valence-corrected chi connectivity index (χ4v) is 1.63. The zero-order chi connectivity index (χ0) is 18.1. The van der Waals surface area contributed by atoms with E-state index in [0.717, 1.165) is 0 Å². The van der Waals surface area contributed by atoms with Crippen LogP contribution in [-0.4, -0.2) is 30.3 Å². The average molecular weight is 334 g/mol. The van der Waals surface area contributed by atoms with Crippen molar-refractivity contribution in [2.75, 3.05) is 25.3 Å². The lowest BCUT2D eigenvalue weighted by molar-refractivity contribution is -0.115. The number of anilines is 2. The topological polar surface area (TPSA) is 114 Å². The van der Waals surface area contributed by atoms with Gasteiger partial charge in [0, 0.05) is 18.6 Å². The van der Waals surface area contributed by atoms with Crippen molar-refractivity contribution in [3.8, 4) is 23.0 Å². The molecular formula is C17H22N2O5. The van der Waals surface area contributed by atoms with Crippen LogP contribution in [0.4, 0.5) is 11.4 Å². The van der Waals surface area contributed by atoms with Gasteiger partial charge in [-0.25, -0.2) is 0 Å². The molecule has 2 aromatic carbocycles. The van der Waals surface area contributed by atoms with Gasteiger partial charge in [0.15, 0.2) is 0 Å². The summed E-state index contributed by atoms with van der Waals surface area (Å²) < 4.78 is 9.74. The Morgan fingerprint density at radius 1 is 1.04 bits per heavy atom. The maximum atomic E-state index is 11.0. The van der Waals surface area contributed by atoms with E-state index < -0.39 is 0 Å². The monoisotopic (exact) mass is 334 g/mol. The number of carbonyl (C=O) groups excluding carboxylic acids is 1. The summed E-state index contributed by atoms with van der Waals surface area (Å²) in [6, 6.07) is 9.47. The number of hydrogen-bond donors (Lipinski definition) is 4. The second kappa shape index (κ2) is 9.14. The van der Waals surface area contributed by atoms with Crippen LogP contribution in [0.25, 0.3) is 0 Å². The number of nitrogens with two attached hydrogens (primary N) is 1. The molecule has 2 rings (SSSR count). The van der Waals surface area contributed by atoms with Crippen LogP contribution in [0.3, 0.4) is 0 Å². The number of rotatable bonds is 4. The molecule has 1 amide bonds. The molecule has 0 aromatic heterocycles. The zero-order valence-electron chi connectivity index (χ0n) is 13.9. The van der Waals surface area contributed by atoms with E-state index in [1.807, 2.05) is 0 Å². The Hall–Kier alpha value is -3.09. The van der Waals surface area contributed by atoms with E-state index in [1.165, 1.54) is 26.4 Å². The molecule has 7 heteroatoms. The number of nitrogens with one attached hydrogen (secondary N) is 1. The summed E-state index contributed by atoms with van der Waals surface area (Å²) in [5.74, 6) is 1.08. The molecule has 0 heterocycles. The minimum Gasteiger partial charge on any atom is -0.506 e. The van der Waals surface area contributed by atoms with Gasteiger partial charge in [-0.3, -0.25) is 4.79 Å². The van der Waals surface area contributed by atoms with E-state index in [-0.39, 0.29) is 17.4 Å². The number of hydrogen-bond acceptors (Lipinski definition) is 6. The molecule has 0 unspecified atom stereocenters. The summed E-state index contributed by atoms with van der Waals surface area (Å²) in [7, 11) is 3.05. The zero-order valence-corrected chi connectivity index (χ0v) is 13.9. The molecular weight excluding hydrogens is 312 g/mol. The number of benzene rings is 2. The fraction of sp³-hybridized carbons (Fsp3) is 0.235. The first-order chi connectivity index (χ1) is 11.4. The summed E-state index contributed by atoms with van der Waals surface area (Å²) >= 11 is 0. The van der Waals surface area contributed by atoms with Gasteiger partial charge in [-0.15, -0.1) is 0 Å². The third kappa shape index (κ3) is 5.60. The van der Waals surface area contributed by atoms with Gasteiger partial charge in [0.2, 0.25) is 5.91 Å². The second-order valence-corrected chi connectivity index (χ2v) is 4.71. The molecule has 0 radical (unpaired) electrons. The molecule has 0 spiro atoms. The Morgan fingerprint density at radius 3 is 2.04 bits per heavy atom. The molecule has 130 valence electrons. The Morgan fingerprint density at radius 2 is 1.58 bits per heavy atom. The van der Waals surface area contributed by atoms with Crippen molar-refractivity contribution < 1.29 is 24.5 Å². The number of methoxy groups -OCH3 is 2. The van der Waals surface area contributed by atoms with Crippen molar-refractivity contribution in [2.24, 2.45) is 0 Å². The molecule has 0 atom stereocenters. The molecule has 5 N–H and O–H groups in total. The van der Waals surface area contributed by atoms with E-state index in [0.29, 0.717) is 29.3 Å². The molecule has 0 bridgehead atoms. The van der Waals surface area contributed by atoms with Crippen LogP contribution >= 0.6 is 0 Å². The van der Waals surface area contributed by atoms with Crippen LogP contribution < -0.4 is 20.5 Å². The van der Waals surface area contributed by atoms with Crippen molar-refractivity contribution in [2.45, 2.75) is 13.3 Å². The first-order valence-electron chi connectivity index (χ1n) is 7.20. The summed E-state index contributed by atoms with van der Waals surface area (Å²) in [4.78, 5) is 11.0. The number of phenols is 2. The Bertz CT molecular complexity index is 689. The highest BCUT2D eigenvalue weighted by molar-refractivity contribution is 5.92. The van der Waals surface area contributed by atoms with E-state index in [2.05, 4.69) is 5.32 Å². The highest BCUT2D eigenvalue weighted by Gasteiger charge is 2.05. The Kier molecular flexibility index (Phi) is 7.22. The van der Waals surface area contributed by atoms with Gasteiger partial charge in [-0.1, -0.05) is 6.92 Å². The van der Waals surface area contributed by atoms with Gasteiger partial charge < -0.3 is 30.7 Å². The Balaban J connectivity index is 0.000000254. The van der Waals surface area contributed by atoms with E-state index in [9.17, 15) is 9.90 Å². The maximum Gasteiger partial charge on any atom is 0.224 e. The lowest BCUT2D eigenvalue weighted by atomic mass is 10.2. The van der Waals surface area contributed by atoms with Gasteiger partial charge in [-0.2, -0.15) is 0 Å². The largest absolute Gasteiger partial charge is 0.506 e. The number of carbonyl (C=O) groups is 1. The minimum atomic E-state index is -0.134. The second-order valence-electron chi connectivity index (χ2n) is 4.71. The number of nitrogen functional groups attached to an aromatic ring is 1. The predicted octanol–water partition coefficient (Wildman–Crippen LogP) is 2.73. The molecule has 2 aromatic rings. The van der Waals surface area contributed by atoms with Crippen LogP contribution in [-0.2, 0) is 4.79 Å². The lowest BCUT2D eigenvalue weighted by Crippen LogP contribution is -2.09. The molecule has 24 heavy (non-hydrogen) atoms. The molecule has 0 aliphatic rings. The smallest absolute Gasteiger partial charge is 0.224 e. The molecule has 0 saturated carbocycles. The van der Waals surface area contributed by atoms with E-state index in [4.69, 9.17) is 20.3 Å². The third-order valence-corrected chi connectivity index (χ3v) is 3.04. The van der Waals surface area contributed by atoms with E-state index >= 15 is 0 Å². The molecule has 7 nitrogen and oxygen atoms in total. The summed E-state index contributed by atoms with van der Waals surface area (Å²) in [6.07, 6.45) is 0.380. The predicted molar refractivity (Wildman–Crippen MR) is 92.7 cm³/mol. The quantitative estimate of drug-likeness (QED) is 0.505. The minimum absolute atomic E-state index is 0.00569. The molecule has 0 aliphatic heterocycles. The number of aromatic hydroxyl groups is 2. The van der Waals surface area contributed by atoms with Gasteiger partial charge in [0.1, 0.15) is 23.0 Å². The van der Waals surface area contributed by atoms with Crippen LogP contribution in [0.5, 0.6) is 23.0 Å². The van der Waals surface area contributed by atoms with Crippen molar-refractivity contribution in [3.63, 3.8) is 0 Å². The van der Waals surface area contributed by atoms with Crippen molar-refractivity contribution in [1.29, 1.82) is 0 Å². The van der Waals surface area contributed by atoms with Crippen LogP contribution in [0, 0.1) is 0 Å². The standard InChI is InChI=1S/C10H13NO3.C7H9NO2/c1-3-10(13)11-8-5-4-7(14-2)6-9(8)12;1-10-5-2-3-6(8)7(9)4-5/h4-6,12H,3H2,1-2H3,(H,11,13);2-4,9H,8H2,1H3. The van der Waals surface area contributed by atoms with Crippen LogP contribution in [0.2, 0.25) is 0 Å². The molecule has 0 fully saturated rings. The third-order valence-electron chi connectivity index (χ3n) is 3.04. The summed E-state index contributed by atoms with van der Waals surface area (Å²) in [5, 5.41) is 21.1. The summed E-state index contributed by atoms with van der Waals surface area (Å²) in [5.41, 5.74) is 6.10. The molecule has 0 aliphatic carbocycles. The van der Waals surface area contributed by atoms with Crippen LogP contribution in [0.1, 0.15) is 13.3 Å². The lowest BCUT2D eigenvalue weighted by Gasteiger charge is -2.07. The first kappa shape index (κ1) is 19.0. The summed E-state index contributed by atoms with van der Waals surface area (Å²) in [6.45, 7) is 1.75. The number of phenolic OH excluding ortho intramolecular Hbond substituents is 2. The normalized spacial score (nSPS) is 9.46. The average Bonchev–Trinajstić information content (AvgIpc) is 2.59. The number of ether oxygens (including phenoxy) is 2. The van der Waals surface area contributed by atoms with Gasteiger partial charge in [0.25, 0.3) is 0 Å². The molecule has 0 saturated heterocycles. The highest BCUT2D eigenvalue weighted by Crippen LogP contribution is 2.27. The van der Waals surface area contributed by atoms with Gasteiger partial charge >= 0.3 is 0 Å².